The summed E-state index contributed by atoms with van der Waals surface area (Å²) in [6.07, 6.45) is 1.87. The first-order valence-corrected chi connectivity index (χ1v) is 8.75. The van der Waals surface area contributed by atoms with Gasteiger partial charge in [0.05, 0.1) is 6.54 Å². The van der Waals surface area contributed by atoms with Crippen LogP contribution in [0.1, 0.15) is 18.4 Å². The zero-order valence-corrected chi connectivity index (χ0v) is 14.3. The Kier molecular flexibility index (Phi) is 4.36. The molecular weight excluding hydrogens is 338 g/mol. The summed E-state index contributed by atoms with van der Waals surface area (Å²) in [5.74, 6) is -2.16. The molecular formula is C20H20F2N2O2. The molecule has 1 N–H and O–H groups in total. The monoisotopic (exact) mass is 358 g/mol. The number of nitrogens with one attached hydrogen (secondary N) is 1. The molecule has 0 saturated carbocycles. The number of benzene rings is 2. The highest BCUT2D eigenvalue weighted by Gasteiger charge is 2.43. The first-order chi connectivity index (χ1) is 12.6. The highest BCUT2D eigenvalue weighted by Crippen LogP contribution is 2.46. The molecule has 2 heterocycles. The van der Waals surface area contributed by atoms with Gasteiger partial charge in [-0.05, 0) is 36.6 Å². The lowest BCUT2D eigenvalue weighted by Gasteiger charge is -2.34. The Balaban J connectivity index is 1.51. The minimum atomic E-state index is -0.976. The van der Waals surface area contributed by atoms with E-state index in [4.69, 9.17) is 4.74 Å². The van der Waals surface area contributed by atoms with Crippen molar-refractivity contribution in [3.63, 3.8) is 0 Å². The van der Waals surface area contributed by atoms with Crippen LogP contribution >= 0.6 is 0 Å². The van der Waals surface area contributed by atoms with Crippen LogP contribution in [0.2, 0.25) is 0 Å². The molecule has 2 aromatic carbocycles. The number of halogens is 2. The van der Waals surface area contributed by atoms with Gasteiger partial charge in [-0.3, -0.25) is 4.79 Å². The van der Waals surface area contributed by atoms with E-state index in [1.165, 1.54) is 11.6 Å². The molecule has 26 heavy (non-hydrogen) atoms. The SMILES string of the molecule is O=C(CN1CC2(CCOCC2)c2ccccc21)Nc1ccc(F)c(F)c1. The molecule has 0 atom stereocenters. The topological polar surface area (TPSA) is 41.6 Å². The molecule has 0 bridgehead atoms. The first kappa shape index (κ1) is 17.0. The van der Waals surface area contributed by atoms with Crippen molar-refractivity contribution in [1.29, 1.82) is 0 Å². The number of amides is 1. The van der Waals surface area contributed by atoms with Crippen molar-refractivity contribution in [3.05, 3.63) is 59.7 Å². The maximum atomic E-state index is 13.3. The highest BCUT2D eigenvalue weighted by molar-refractivity contribution is 5.94. The van der Waals surface area contributed by atoms with Crippen molar-refractivity contribution in [2.75, 3.05) is 36.5 Å². The fraction of sp³-hybridized carbons (Fsp3) is 0.350. The highest BCUT2D eigenvalue weighted by atomic mass is 19.2. The van der Waals surface area contributed by atoms with E-state index in [0.717, 1.165) is 50.4 Å². The average molecular weight is 358 g/mol. The predicted octanol–water partition coefficient (Wildman–Crippen LogP) is 3.47. The number of hydrogen-bond donors (Lipinski definition) is 1. The average Bonchev–Trinajstić information content (AvgIpc) is 2.92. The molecule has 0 aromatic heterocycles. The van der Waals surface area contributed by atoms with Gasteiger partial charge in [0.25, 0.3) is 0 Å². The van der Waals surface area contributed by atoms with Crippen molar-refractivity contribution >= 4 is 17.3 Å². The number of nitrogens with zero attached hydrogens (tertiary/aromatic N) is 1. The van der Waals surface area contributed by atoms with E-state index in [1.54, 1.807) is 0 Å². The molecule has 0 aliphatic carbocycles. The number of ether oxygens (including phenoxy) is 1. The summed E-state index contributed by atoms with van der Waals surface area (Å²) >= 11 is 0. The Labute approximate surface area is 150 Å². The minimum Gasteiger partial charge on any atom is -0.381 e. The summed E-state index contributed by atoms with van der Waals surface area (Å²) in [7, 11) is 0. The molecule has 4 rings (SSSR count). The number of fused-ring (bicyclic) bond motifs is 2. The largest absolute Gasteiger partial charge is 0.381 e. The van der Waals surface area contributed by atoms with Crippen LogP contribution in [0.3, 0.4) is 0 Å². The Morgan fingerprint density at radius 2 is 1.88 bits per heavy atom. The number of rotatable bonds is 3. The Bertz CT molecular complexity index is 834. The number of carbonyl (C=O) groups excluding carboxylic acids is 1. The van der Waals surface area contributed by atoms with Crippen LogP contribution in [-0.2, 0) is 14.9 Å². The third-order valence-electron chi connectivity index (χ3n) is 5.30. The molecule has 2 aliphatic heterocycles. The molecule has 1 saturated heterocycles. The van der Waals surface area contributed by atoms with Crippen LogP contribution in [0.5, 0.6) is 0 Å². The van der Waals surface area contributed by atoms with E-state index < -0.39 is 11.6 Å². The fourth-order valence-electron chi connectivity index (χ4n) is 4.01. The van der Waals surface area contributed by atoms with E-state index in [9.17, 15) is 13.6 Å². The number of para-hydroxylation sites is 1. The van der Waals surface area contributed by atoms with Gasteiger partial charge in [-0.2, -0.15) is 0 Å². The van der Waals surface area contributed by atoms with Gasteiger partial charge in [0.1, 0.15) is 0 Å². The lowest BCUT2D eigenvalue weighted by Crippen LogP contribution is -2.41. The van der Waals surface area contributed by atoms with Gasteiger partial charge >= 0.3 is 0 Å². The predicted molar refractivity (Wildman–Crippen MR) is 95.4 cm³/mol. The lowest BCUT2D eigenvalue weighted by atomic mass is 9.76. The van der Waals surface area contributed by atoms with Crippen LogP contribution in [0.25, 0.3) is 0 Å². The van der Waals surface area contributed by atoms with Gasteiger partial charge in [0.2, 0.25) is 5.91 Å². The minimum absolute atomic E-state index is 0.0249. The van der Waals surface area contributed by atoms with Crippen molar-refractivity contribution in [2.24, 2.45) is 0 Å². The van der Waals surface area contributed by atoms with Crippen LogP contribution in [-0.4, -0.2) is 32.2 Å². The lowest BCUT2D eigenvalue weighted by molar-refractivity contribution is -0.115. The Morgan fingerprint density at radius 1 is 1.12 bits per heavy atom. The zero-order valence-electron chi connectivity index (χ0n) is 14.3. The van der Waals surface area contributed by atoms with E-state index in [-0.39, 0.29) is 23.6 Å². The third kappa shape index (κ3) is 3.05. The molecule has 1 spiro atoms. The molecule has 1 fully saturated rings. The van der Waals surface area contributed by atoms with Gasteiger partial charge in [-0.25, -0.2) is 8.78 Å². The van der Waals surface area contributed by atoms with Crippen molar-refractivity contribution < 1.29 is 18.3 Å². The Morgan fingerprint density at radius 3 is 2.65 bits per heavy atom. The van der Waals surface area contributed by atoms with Crippen LogP contribution < -0.4 is 10.2 Å². The molecule has 4 nitrogen and oxygen atoms in total. The Hall–Kier alpha value is -2.47. The van der Waals surface area contributed by atoms with E-state index in [1.807, 2.05) is 18.2 Å². The fourth-order valence-corrected chi connectivity index (χ4v) is 4.01. The second-order valence-electron chi connectivity index (χ2n) is 6.94. The molecule has 2 aromatic rings. The summed E-state index contributed by atoms with van der Waals surface area (Å²) in [6, 6.07) is 11.5. The van der Waals surface area contributed by atoms with Gasteiger partial charge in [0, 0.05) is 42.6 Å². The smallest absolute Gasteiger partial charge is 0.243 e. The number of anilines is 2. The molecule has 0 radical (unpaired) electrons. The van der Waals surface area contributed by atoms with Crippen LogP contribution in [0, 0.1) is 11.6 Å². The summed E-state index contributed by atoms with van der Waals surface area (Å²) in [5, 5.41) is 2.65. The van der Waals surface area contributed by atoms with Gasteiger partial charge in [0.15, 0.2) is 11.6 Å². The zero-order chi connectivity index (χ0) is 18.1. The van der Waals surface area contributed by atoms with Gasteiger partial charge in [-0.15, -0.1) is 0 Å². The van der Waals surface area contributed by atoms with E-state index >= 15 is 0 Å². The van der Waals surface area contributed by atoms with Crippen molar-refractivity contribution in [1.82, 2.24) is 0 Å². The van der Waals surface area contributed by atoms with E-state index in [2.05, 4.69) is 16.3 Å². The summed E-state index contributed by atoms with van der Waals surface area (Å²) < 4.78 is 31.9. The maximum Gasteiger partial charge on any atom is 0.243 e. The standard InChI is InChI=1S/C20H20F2N2O2/c21-16-6-5-14(11-17(16)22)23-19(25)12-24-13-20(7-9-26-10-8-20)15-3-1-2-4-18(15)24/h1-6,11H,7-10,12-13H2,(H,23,25). The molecule has 2 aliphatic rings. The number of carbonyl (C=O) groups is 1. The summed E-state index contributed by atoms with van der Waals surface area (Å²) in [6.45, 7) is 2.38. The first-order valence-electron chi connectivity index (χ1n) is 8.75. The maximum absolute atomic E-state index is 13.3. The van der Waals surface area contributed by atoms with E-state index in [0.29, 0.717) is 0 Å². The summed E-state index contributed by atoms with van der Waals surface area (Å²) in [5.41, 5.74) is 2.61. The number of hydrogen-bond acceptors (Lipinski definition) is 3. The quantitative estimate of drug-likeness (QED) is 0.914. The second-order valence-corrected chi connectivity index (χ2v) is 6.94. The second kappa shape index (κ2) is 6.68. The van der Waals surface area contributed by atoms with Crippen molar-refractivity contribution in [2.45, 2.75) is 18.3 Å². The summed E-state index contributed by atoms with van der Waals surface area (Å²) in [4.78, 5) is 14.5. The normalized spacial score (nSPS) is 18.0. The van der Waals surface area contributed by atoms with Crippen molar-refractivity contribution in [3.8, 4) is 0 Å². The molecule has 6 heteroatoms. The van der Waals surface area contributed by atoms with Gasteiger partial charge < -0.3 is 15.0 Å². The third-order valence-corrected chi connectivity index (χ3v) is 5.30. The molecule has 0 unspecified atom stereocenters. The van der Waals surface area contributed by atoms with Gasteiger partial charge in [-0.1, -0.05) is 18.2 Å². The van der Waals surface area contributed by atoms with Crippen LogP contribution in [0.4, 0.5) is 20.2 Å². The molecule has 1 amide bonds. The molecule has 136 valence electrons. The van der Waals surface area contributed by atoms with Crippen LogP contribution in [0.15, 0.2) is 42.5 Å².